The minimum absolute atomic E-state index is 0. The van der Waals surface area contributed by atoms with Crippen LogP contribution in [0.1, 0.15) is 11.1 Å². The molecule has 0 radical (unpaired) electrons. The molecule has 0 spiro atoms. The monoisotopic (exact) mass is 198 g/mol. The third-order valence-electron chi connectivity index (χ3n) is 2.30. The highest BCUT2D eigenvalue weighted by Crippen LogP contribution is 2.19. The smallest absolute Gasteiger partial charge is 0.119 e. The minimum atomic E-state index is 0. The van der Waals surface area contributed by atoms with Gasteiger partial charge in [-0.25, -0.2) is 0 Å². The van der Waals surface area contributed by atoms with E-state index < -0.39 is 0 Å². The van der Waals surface area contributed by atoms with Crippen molar-refractivity contribution in [3.05, 3.63) is 29.3 Å². The van der Waals surface area contributed by atoms with Crippen LogP contribution >= 0.6 is 0 Å². The Hall–Kier alpha value is -0.730. The van der Waals surface area contributed by atoms with Crippen LogP contribution in [0.5, 0.6) is 5.75 Å². The van der Waals surface area contributed by atoms with Gasteiger partial charge in [0.05, 0.1) is 7.11 Å². The number of rotatable bonds is 1. The summed E-state index contributed by atoms with van der Waals surface area (Å²) >= 11 is 0. The fourth-order valence-corrected chi connectivity index (χ4v) is 1.58. The van der Waals surface area contributed by atoms with Gasteiger partial charge in [0.1, 0.15) is 5.75 Å². The summed E-state index contributed by atoms with van der Waals surface area (Å²) in [6, 6.07) is 6.29. The lowest BCUT2D eigenvalue weighted by atomic mass is 10.0. The summed E-state index contributed by atoms with van der Waals surface area (Å²) in [5, 5.41) is 3.34. The normalized spacial score (nSPS) is 14.2. The third kappa shape index (κ3) is 2.14. The average Bonchev–Trinajstić information content (AvgIpc) is 2.17. The predicted molar refractivity (Wildman–Crippen MR) is 48.4 cm³/mol. The molecule has 72 valence electrons. The number of hydrogen-bond acceptors (Lipinski definition) is 2. The van der Waals surface area contributed by atoms with Crippen molar-refractivity contribution in [2.75, 3.05) is 13.7 Å². The standard InChI is InChI=1S/C10H13NO.ClH/c1-12-10-3-2-9-7-11-5-4-8(9)6-10;/h2-3,6,11H,4-5,7H2,1H3;1H/p-1. The highest BCUT2D eigenvalue weighted by molar-refractivity contribution is 5.36. The molecule has 1 N–H and O–H groups in total. The zero-order valence-corrected chi connectivity index (χ0v) is 8.40. The first-order valence-electron chi connectivity index (χ1n) is 4.26. The van der Waals surface area contributed by atoms with Gasteiger partial charge >= 0.3 is 0 Å². The minimum Gasteiger partial charge on any atom is -1.00 e. The fraction of sp³-hybridized carbons (Fsp3) is 0.400. The van der Waals surface area contributed by atoms with Crippen molar-refractivity contribution in [2.45, 2.75) is 13.0 Å². The van der Waals surface area contributed by atoms with E-state index in [1.165, 1.54) is 11.1 Å². The molecule has 0 unspecified atom stereocenters. The van der Waals surface area contributed by atoms with E-state index in [0.717, 1.165) is 25.3 Å². The molecule has 1 aliphatic rings. The molecule has 1 aromatic carbocycles. The van der Waals surface area contributed by atoms with Crippen LogP contribution in [0.4, 0.5) is 0 Å². The molecular weight excluding hydrogens is 186 g/mol. The first-order valence-corrected chi connectivity index (χ1v) is 4.26. The highest BCUT2D eigenvalue weighted by Gasteiger charge is 2.08. The molecule has 0 aliphatic carbocycles. The molecule has 13 heavy (non-hydrogen) atoms. The number of ether oxygens (including phenoxy) is 1. The Morgan fingerprint density at radius 3 is 2.92 bits per heavy atom. The molecule has 3 heteroatoms. The van der Waals surface area contributed by atoms with E-state index in [9.17, 15) is 0 Å². The van der Waals surface area contributed by atoms with E-state index in [1.54, 1.807) is 7.11 Å². The van der Waals surface area contributed by atoms with Crippen LogP contribution in [0.15, 0.2) is 18.2 Å². The van der Waals surface area contributed by atoms with Crippen LogP contribution in [0.25, 0.3) is 0 Å². The van der Waals surface area contributed by atoms with E-state index in [1.807, 2.05) is 6.07 Å². The van der Waals surface area contributed by atoms with Gasteiger partial charge in [-0.1, -0.05) is 6.07 Å². The van der Waals surface area contributed by atoms with Gasteiger partial charge in [0.15, 0.2) is 0 Å². The molecule has 0 atom stereocenters. The number of nitrogens with one attached hydrogen (secondary N) is 1. The molecule has 1 heterocycles. The maximum absolute atomic E-state index is 5.16. The third-order valence-corrected chi connectivity index (χ3v) is 2.30. The summed E-state index contributed by atoms with van der Waals surface area (Å²) in [5.74, 6) is 0.968. The molecule has 1 aliphatic heterocycles. The SMILES string of the molecule is COc1ccc2c(c1)CCNC2.[Cl-]. The Labute approximate surface area is 84.7 Å². The summed E-state index contributed by atoms with van der Waals surface area (Å²) in [6.07, 6.45) is 1.12. The van der Waals surface area contributed by atoms with Crippen LogP contribution in [0.2, 0.25) is 0 Å². The summed E-state index contributed by atoms with van der Waals surface area (Å²) in [5.41, 5.74) is 2.83. The number of halogens is 1. The van der Waals surface area contributed by atoms with Crippen LogP contribution < -0.4 is 22.5 Å². The largest absolute Gasteiger partial charge is 1.00 e. The summed E-state index contributed by atoms with van der Waals surface area (Å²) in [7, 11) is 1.71. The topological polar surface area (TPSA) is 21.3 Å². The zero-order chi connectivity index (χ0) is 8.39. The van der Waals surface area contributed by atoms with Crippen molar-refractivity contribution in [2.24, 2.45) is 0 Å². The average molecular weight is 199 g/mol. The van der Waals surface area contributed by atoms with Gasteiger partial charge in [0.25, 0.3) is 0 Å². The molecule has 0 fully saturated rings. The first kappa shape index (κ1) is 10.4. The molecule has 0 saturated carbocycles. The lowest BCUT2D eigenvalue weighted by Gasteiger charge is -2.17. The molecule has 0 bridgehead atoms. The van der Waals surface area contributed by atoms with Crippen molar-refractivity contribution in [3.8, 4) is 5.75 Å². The summed E-state index contributed by atoms with van der Waals surface area (Å²) in [6.45, 7) is 2.08. The van der Waals surface area contributed by atoms with Crippen molar-refractivity contribution in [1.82, 2.24) is 5.32 Å². The second kappa shape index (κ2) is 4.49. The number of fused-ring (bicyclic) bond motifs is 1. The molecule has 2 nitrogen and oxygen atoms in total. The molecule has 0 aromatic heterocycles. The van der Waals surface area contributed by atoms with Crippen LogP contribution in [-0.2, 0) is 13.0 Å². The van der Waals surface area contributed by atoms with Gasteiger partial charge in [0.2, 0.25) is 0 Å². The second-order valence-electron chi connectivity index (χ2n) is 3.06. The van der Waals surface area contributed by atoms with Gasteiger partial charge in [-0.3, -0.25) is 0 Å². The Bertz CT molecular complexity index is 288. The van der Waals surface area contributed by atoms with E-state index >= 15 is 0 Å². The Morgan fingerprint density at radius 2 is 2.15 bits per heavy atom. The van der Waals surface area contributed by atoms with E-state index in [0.29, 0.717) is 0 Å². The quantitative estimate of drug-likeness (QED) is 0.584. The molecule has 0 amide bonds. The van der Waals surface area contributed by atoms with Gasteiger partial charge in [-0.15, -0.1) is 0 Å². The van der Waals surface area contributed by atoms with Gasteiger partial charge < -0.3 is 22.5 Å². The van der Waals surface area contributed by atoms with E-state index in [2.05, 4.69) is 17.4 Å². The molecule has 0 saturated heterocycles. The van der Waals surface area contributed by atoms with Gasteiger partial charge in [-0.2, -0.15) is 0 Å². The van der Waals surface area contributed by atoms with Gasteiger partial charge in [0, 0.05) is 6.54 Å². The van der Waals surface area contributed by atoms with Crippen molar-refractivity contribution in [1.29, 1.82) is 0 Å². The first-order chi connectivity index (χ1) is 5.90. The van der Waals surface area contributed by atoms with Crippen LogP contribution in [0.3, 0.4) is 0 Å². The summed E-state index contributed by atoms with van der Waals surface area (Å²) < 4.78 is 5.16. The number of methoxy groups -OCH3 is 1. The van der Waals surface area contributed by atoms with Crippen molar-refractivity contribution >= 4 is 0 Å². The maximum atomic E-state index is 5.16. The number of hydrogen-bond donors (Lipinski definition) is 1. The molecule has 2 rings (SSSR count). The summed E-state index contributed by atoms with van der Waals surface area (Å²) in [4.78, 5) is 0. The maximum Gasteiger partial charge on any atom is 0.119 e. The van der Waals surface area contributed by atoms with E-state index in [-0.39, 0.29) is 12.4 Å². The zero-order valence-electron chi connectivity index (χ0n) is 7.64. The molecular formula is C10H13ClNO-. The predicted octanol–water partition coefficient (Wildman–Crippen LogP) is -1.66. The lowest BCUT2D eigenvalue weighted by molar-refractivity contribution is -0.00000281. The Kier molecular flexibility index (Phi) is 3.58. The fourth-order valence-electron chi connectivity index (χ4n) is 1.58. The molecule has 1 aromatic rings. The van der Waals surface area contributed by atoms with Gasteiger partial charge in [-0.05, 0) is 36.2 Å². The number of benzene rings is 1. The highest BCUT2D eigenvalue weighted by atomic mass is 35.5. The van der Waals surface area contributed by atoms with Crippen molar-refractivity contribution < 1.29 is 17.1 Å². The Morgan fingerprint density at radius 1 is 1.31 bits per heavy atom. The Balaban J connectivity index is 0.000000845. The lowest BCUT2D eigenvalue weighted by Crippen LogP contribution is -3.00. The van der Waals surface area contributed by atoms with Crippen LogP contribution in [0, 0.1) is 0 Å². The van der Waals surface area contributed by atoms with Crippen molar-refractivity contribution in [3.63, 3.8) is 0 Å². The van der Waals surface area contributed by atoms with Crippen LogP contribution in [-0.4, -0.2) is 13.7 Å². The van der Waals surface area contributed by atoms with E-state index in [4.69, 9.17) is 4.74 Å². The second-order valence-corrected chi connectivity index (χ2v) is 3.06.